The summed E-state index contributed by atoms with van der Waals surface area (Å²) in [5.74, 6) is 7.41. The van der Waals surface area contributed by atoms with E-state index in [0.29, 0.717) is 5.92 Å². The predicted molar refractivity (Wildman–Crippen MR) is 75.4 cm³/mol. The molecule has 0 bridgehead atoms. The van der Waals surface area contributed by atoms with Crippen LogP contribution in [0.25, 0.3) is 0 Å². The molecule has 0 amide bonds. The predicted octanol–water partition coefficient (Wildman–Crippen LogP) is 1.39. The zero-order chi connectivity index (χ0) is 13.7. The molecule has 0 saturated heterocycles. The number of aryl methyl sites for hydroxylation is 1. The molecule has 0 aliphatic heterocycles. The zero-order valence-corrected chi connectivity index (χ0v) is 12.0. The van der Waals surface area contributed by atoms with Gasteiger partial charge in [-0.05, 0) is 18.8 Å². The molecule has 5 nitrogen and oxygen atoms in total. The topological polar surface area (TPSA) is 65.1 Å². The molecule has 0 aromatic carbocycles. The van der Waals surface area contributed by atoms with E-state index in [9.17, 15) is 0 Å². The van der Waals surface area contributed by atoms with Crippen LogP contribution in [0.5, 0.6) is 0 Å². The Labute approximate surface area is 115 Å². The van der Waals surface area contributed by atoms with Crippen LogP contribution < -0.4 is 11.3 Å². The Morgan fingerprint density at radius 3 is 2.74 bits per heavy atom. The van der Waals surface area contributed by atoms with Gasteiger partial charge in [0.1, 0.15) is 5.82 Å². The number of rotatable bonds is 6. The van der Waals surface area contributed by atoms with Crippen molar-refractivity contribution in [1.29, 1.82) is 0 Å². The first kappa shape index (κ1) is 14.5. The lowest BCUT2D eigenvalue weighted by Crippen LogP contribution is -2.50. The maximum Gasteiger partial charge on any atom is 0.110 e. The number of nitrogens with zero attached hydrogens (tertiary/aromatic N) is 2. The molecular formula is C14H26N4O. The van der Waals surface area contributed by atoms with Crippen LogP contribution >= 0.6 is 0 Å². The average molecular weight is 266 g/mol. The summed E-state index contributed by atoms with van der Waals surface area (Å²) in [7, 11) is 3.81. The van der Waals surface area contributed by atoms with Crippen molar-refractivity contribution in [3.8, 4) is 0 Å². The van der Waals surface area contributed by atoms with Crippen LogP contribution in [0, 0.1) is 5.92 Å². The highest BCUT2D eigenvalue weighted by molar-refractivity contribution is 4.97. The molecule has 19 heavy (non-hydrogen) atoms. The highest BCUT2D eigenvalue weighted by Crippen LogP contribution is 2.29. The summed E-state index contributed by atoms with van der Waals surface area (Å²) in [6.07, 6.45) is 11.2. The molecule has 0 spiro atoms. The van der Waals surface area contributed by atoms with Crippen LogP contribution in [0.3, 0.4) is 0 Å². The molecule has 3 N–H and O–H groups in total. The minimum Gasteiger partial charge on any atom is -0.379 e. The second-order valence-corrected chi connectivity index (χ2v) is 5.53. The van der Waals surface area contributed by atoms with Gasteiger partial charge in [0, 0.05) is 33.0 Å². The van der Waals surface area contributed by atoms with Crippen LogP contribution in [0.1, 0.15) is 37.9 Å². The van der Waals surface area contributed by atoms with Gasteiger partial charge in [0.15, 0.2) is 0 Å². The van der Waals surface area contributed by atoms with Gasteiger partial charge in [-0.2, -0.15) is 0 Å². The third-order valence-corrected chi connectivity index (χ3v) is 4.32. The molecule has 1 aromatic heterocycles. The van der Waals surface area contributed by atoms with Gasteiger partial charge in [0.2, 0.25) is 0 Å². The average Bonchev–Trinajstić information content (AvgIpc) is 2.85. The van der Waals surface area contributed by atoms with Crippen molar-refractivity contribution in [2.75, 3.05) is 7.11 Å². The van der Waals surface area contributed by atoms with Gasteiger partial charge in [-0.25, -0.2) is 4.98 Å². The van der Waals surface area contributed by atoms with E-state index < -0.39 is 0 Å². The van der Waals surface area contributed by atoms with Crippen molar-refractivity contribution in [3.63, 3.8) is 0 Å². The van der Waals surface area contributed by atoms with Gasteiger partial charge in [-0.3, -0.25) is 11.3 Å². The SMILES string of the molecule is COC(C1CCCCC1)C(Cc1nccn1C)NN. The summed E-state index contributed by atoms with van der Waals surface area (Å²) in [6.45, 7) is 0. The summed E-state index contributed by atoms with van der Waals surface area (Å²) < 4.78 is 7.79. The molecule has 1 saturated carbocycles. The smallest absolute Gasteiger partial charge is 0.110 e. The van der Waals surface area contributed by atoms with E-state index in [1.165, 1.54) is 32.1 Å². The monoisotopic (exact) mass is 266 g/mol. The molecule has 1 aliphatic rings. The molecule has 1 fully saturated rings. The van der Waals surface area contributed by atoms with Crippen molar-refractivity contribution in [1.82, 2.24) is 15.0 Å². The lowest BCUT2D eigenvalue weighted by Gasteiger charge is -2.34. The number of aromatic nitrogens is 2. The highest BCUT2D eigenvalue weighted by atomic mass is 16.5. The van der Waals surface area contributed by atoms with E-state index in [0.717, 1.165) is 12.2 Å². The van der Waals surface area contributed by atoms with Crippen molar-refractivity contribution < 1.29 is 4.74 Å². The van der Waals surface area contributed by atoms with Crippen LogP contribution in [0.2, 0.25) is 0 Å². The van der Waals surface area contributed by atoms with E-state index in [4.69, 9.17) is 10.6 Å². The van der Waals surface area contributed by atoms with Crippen LogP contribution in [-0.4, -0.2) is 28.8 Å². The van der Waals surface area contributed by atoms with E-state index >= 15 is 0 Å². The van der Waals surface area contributed by atoms with Crippen molar-refractivity contribution in [2.24, 2.45) is 18.8 Å². The molecule has 2 unspecified atom stereocenters. The zero-order valence-electron chi connectivity index (χ0n) is 12.0. The van der Waals surface area contributed by atoms with E-state index in [2.05, 4.69) is 10.4 Å². The Morgan fingerprint density at radius 2 is 2.21 bits per heavy atom. The minimum atomic E-state index is 0.120. The first-order valence-corrected chi connectivity index (χ1v) is 7.21. The maximum atomic E-state index is 5.76. The van der Waals surface area contributed by atoms with Gasteiger partial charge in [-0.15, -0.1) is 0 Å². The Hall–Kier alpha value is -0.910. The Morgan fingerprint density at radius 1 is 1.47 bits per heavy atom. The Kier molecular flexibility index (Phi) is 5.36. The standard InChI is InChI=1S/C14H26N4O/c1-18-9-8-16-13(18)10-12(17-15)14(19-2)11-6-4-3-5-7-11/h8-9,11-12,14,17H,3-7,10,15H2,1-2H3. The fourth-order valence-electron chi connectivity index (χ4n) is 3.21. The van der Waals surface area contributed by atoms with Gasteiger partial charge < -0.3 is 9.30 Å². The van der Waals surface area contributed by atoms with Crippen LogP contribution in [0.15, 0.2) is 12.4 Å². The molecule has 1 heterocycles. The minimum absolute atomic E-state index is 0.120. The number of hydrogen-bond donors (Lipinski definition) is 2. The number of nitrogens with one attached hydrogen (secondary N) is 1. The van der Waals surface area contributed by atoms with Crippen LogP contribution in [-0.2, 0) is 18.2 Å². The first-order valence-electron chi connectivity index (χ1n) is 7.21. The summed E-state index contributed by atoms with van der Waals surface area (Å²) in [4.78, 5) is 4.38. The maximum absolute atomic E-state index is 5.76. The van der Waals surface area contributed by atoms with Gasteiger partial charge in [-0.1, -0.05) is 19.3 Å². The quantitative estimate of drug-likeness (QED) is 0.603. The van der Waals surface area contributed by atoms with Crippen molar-refractivity contribution in [3.05, 3.63) is 18.2 Å². The molecule has 1 aromatic rings. The van der Waals surface area contributed by atoms with E-state index in [-0.39, 0.29) is 12.1 Å². The van der Waals surface area contributed by atoms with E-state index in [1.807, 2.05) is 24.0 Å². The number of hydrogen-bond acceptors (Lipinski definition) is 4. The second-order valence-electron chi connectivity index (χ2n) is 5.53. The fraction of sp³-hybridized carbons (Fsp3) is 0.786. The number of nitrogens with two attached hydrogens (primary N) is 1. The van der Waals surface area contributed by atoms with Gasteiger partial charge in [0.25, 0.3) is 0 Å². The molecule has 2 rings (SSSR count). The lowest BCUT2D eigenvalue weighted by atomic mass is 9.82. The van der Waals surface area contributed by atoms with Gasteiger partial charge in [0.05, 0.1) is 12.1 Å². The van der Waals surface area contributed by atoms with Gasteiger partial charge >= 0.3 is 0 Å². The molecule has 2 atom stereocenters. The summed E-state index contributed by atoms with van der Waals surface area (Å²) in [5.41, 5.74) is 2.94. The van der Waals surface area contributed by atoms with Crippen molar-refractivity contribution in [2.45, 2.75) is 50.7 Å². The summed E-state index contributed by atoms with van der Waals surface area (Å²) in [5, 5.41) is 0. The fourth-order valence-corrected chi connectivity index (χ4v) is 3.21. The lowest BCUT2D eigenvalue weighted by molar-refractivity contribution is 0.00767. The second kappa shape index (κ2) is 7.03. The van der Waals surface area contributed by atoms with E-state index in [1.54, 1.807) is 7.11 Å². The molecule has 108 valence electrons. The first-order chi connectivity index (χ1) is 9.26. The summed E-state index contributed by atoms with van der Waals surface area (Å²) in [6, 6.07) is 0.120. The Bertz CT molecular complexity index is 373. The third kappa shape index (κ3) is 3.55. The summed E-state index contributed by atoms with van der Waals surface area (Å²) >= 11 is 0. The normalized spacial score (nSPS) is 20.4. The number of imidazole rings is 1. The van der Waals surface area contributed by atoms with Crippen molar-refractivity contribution >= 4 is 0 Å². The molecule has 1 aliphatic carbocycles. The molecular weight excluding hydrogens is 240 g/mol. The Balaban J connectivity index is 2.03. The number of methoxy groups -OCH3 is 1. The molecule has 5 heteroatoms. The number of ether oxygens (including phenoxy) is 1. The van der Waals surface area contributed by atoms with Crippen LogP contribution in [0.4, 0.5) is 0 Å². The largest absolute Gasteiger partial charge is 0.379 e. The highest BCUT2D eigenvalue weighted by Gasteiger charge is 2.30. The molecule has 0 radical (unpaired) electrons. The third-order valence-electron chi connectivity index (χ3n) is 4.32. The number of hydrazine groups is 1.